The molecule has 0 saturated carbocycles. The lowest BCUT2D eigenvalue weighted by Crippen LogP contribution is -1.98. The van der Waals surface area contributed by atoms with Crippen molar-refractivity contribution in [3.8, 4) is 11.5 Å². The quantitative estimate of drug-likeness (QED) is 0.561. The van der Waals surface area contributed by atoms with Crippen LogP contribution in [-0.2, 0) is 0 Å². The van der Waals surface area contributed by atoms with E-state index < -0.39 is 0 Å². The number of hydrogen-bond donors (Lipinski definition) is 2. The molecule has 0 aliphatic rings. The van der Waals surface area contributed by atoms with Crippen molar-refractivity contribution < 1.29 is 4.74 Å². The third-order valence-corrected chi connectivity index (χ3v) is 3.71. The second-order valence-electron chi connectivity index (χ2n) is 6.23. The summed E-state index contributed by atoms with van der Waals surface area (Å²) in [6.45, 7) is 5.36. The van der Waals surface area contributed by atoms with Crippen molar-refractivity contribution in [1.29, 1.82) is 0 Å². The first-order valence-corrected chi connectivity index (χ1v) is 8.62. The monoisotopic (exact) mass is 324 g/mol. The third kappa shape index (κ3) is 6.37. The minimum absolute atomic E-state index is 0.768. The Morgan fingerprint density at radius 3 is 2.46 bits per heavy atom. The molecular weight excluding hydrogens is 296 g/mol. The summed E-state index contributed by atoms with van der Waals surface area (Å²) < 4.78 is 5.87. The summed E-state index contributed by atoms with van der Waals surface area (Å²) in [5, 5.41) is 6.50. The van der Waals surface area contributed by atoms with E-state index in [2.05, 4.69) is 36.6 Å². The molecule has 0 aliphatic heterocycles. The maximum absolute atomic E-state index is 5.87. The number of nitrogens with one attached hydrogen (secondary N) is 2. The van der Waals surface area contributed by atoms with Gasteiger partial charge in [-0.15, -0.1) is 0 Å². The molecule has 3 nitrogen and oxygen atoms in total. The smallest absolute Gasteiger partial charge is 0.129 e. The van der Waals surface area contributed by atoms with E-state index in [-0.39, 0.29) is 0 Å². The highest BCUT2D eigenvalue weighted by atomic mass is 16.5. The fourth-order valence-electron chi connectivity index (χ4n) is 2.30. The van der Waals surface area contributed by atoms with Crippen LogP contribution in [0.5, 0.6) is 11.5 Å². The zero-order chi connectivity index (χ0) is 17.2. The van der Waals surface area contributed by atoms with E-state index >= 15 is 0 Å². The Kier molecular flexibility index (Phi) is 7.21. The Hall–Kier alpha value is -2.42. The molecule has 128 valence electrons. The number of rotatable bonds is 9. The van der Waals surface area contributed by atoms with Gasteiger partial charge in [-0.2, -0.15) is 0 Å². The van der Waals surface area contributed by atoms with Gasteiger partial charge in [0.2, 0.25) is 0 Å². The first kappa shape index (κ1) is 17.9. The summed E-state index contributed by atoms with van der Waals surface area (Å²) in [7, 11) is 1.90. The molecule has 2 aromatic carbocycles. The van der Waals surface area contributed by atoms with Crippen LogP contribution < -0.4 is 15.4 Å². The molecule has 24 heavy (non-hydrogen) atoms. The van der Waals surface area contributed by atoms with Crippen molar-refractivity contribution >= 4 is 11.4 Å². The fraction of sp³-hybridized carbons (Fsp3) is 0.333. The van der Waals surface area contributed by atoms with Crippen LogP contribution in [0, 0.1) is 5.92 Å². The van der Waals surface area contributed by atoms with Gasteiger partial charge in [0.15, 0.2) is 0 Å². The van der Waals surface area contributed by atoms with Gasteiger partial charge in [0.05, 0.1) is 0 Å². The van der Waals surface area contributed by atoms with Crippen LogP contribution in [0.2, 0.25) is 0 Å². The Balaban J connectivity index is 1.80. The molecule has 2 aromatic rings. The van der Waals surface area contributed by atoms with E-state index in [0.29, 0.717) is 0 Å². The molecule has 2 rings (SSSR count). The number of ether oxygens (including phenoxy) is 1. The molecule has 0 spiro atoms. The van der Waals surface area contributed by atoms with Crippen LogP contribution in [0.25, 0.3) is 0 Å². The highest BCUT2D eigenvalue weighted by Crippen LogP contribution is 2.25. The number of anilines is 2. The standard InChI is InChI=1S/C21H28N2O/c1-17(2)8-5-4-6-15-23-18-11-13-20(14-12-18)24-21-10-7-9-19(16-21)22-3/h4,6-7,9-14,16-17,22-23H,5,8,15H2,1-3H3. The molecule has 0 unspecified atom stereocenters. The fourth-order valence-corrected chi connectivity index (χ4v) is 2.30. The predicted octanol–water partition coefficient (Wildman–Crippen LogP) is 5.92. The summed E-state index contributed by atoms with van der Waals surface area (Å²) in [6.07, 6.45) is 6.84. The van der Waals surface area contributed by atoms with E-state index in [4.69, 9.17) is 4.74 Å². The van der Waals surface area contributed by atoms with Gasteiger partial charge in [-0.25, -0.2) is 0 Å². The molecule has 0 saturated heterocycles. The van der Waals surface area contributed by atoms with Gasteiger partial charge in [-0.05, 0) is 55.2 Å². The average molecular weight is 324 g/mol. The lowest BCUT2D eigenvalue weighted by molar-refractivity contribution is 0.483. The predicted molar refractivity (Wildman–Crippen MR) is 104 cm³/mol. The van der Waals surface area contributed by atoms with Crippen molar-refractivity contribution in [2.24, 2.45) is 5.92 Å². The Morgan fingerprint density at radius 1 is 0.958 bits per heavy atom. The lowest BCUT2D eigenvalue weighted by atomic mass is 10.1. The Bertz CT molecular complexity index is 633. The average Bonchev–Trinajstić information content (AvgIpc) is 2.59. The van der Waals surface area contributed by atoms with Crippen molar-refractivity contribution in [3.05, 3.63) is 60.7 Å². The van der Waals surface area contributed by atoms with E-state index in [9.17, 15) is 0 Å². The summed E-state index contributed by atoms with van der Waals surface area (Å²) in [6, 6.07) is 16.0. The van der Waals surface area contributed by atoms with Gasteiger partial charge in [-0.1, -0.05) is 32.1 Å². The van der Waals surface area contributed by atoms with Gasteiger partial charge in [-0.3, -0.25) is 0 Å². The van der Waals surface area contributed by atoms with Gasteiger partial charge in [0.1, 0.15) is 11.5 Å². The minimum atomic E-state index is 0.768. The zero-order valence-electron chi connectivity index (χ0n) is 14.9. The van der Waals surface area contributed by atoms with E-state index in [1.54, 1.807) is 0 Å². The van der Waals surface area contributed by atoms with Crippen molar-refractivity contribution in [1.82, 2.24) is 0 Å². The molecule has 0 aromatic heterocycles. The number of benzene rings is 2. The van der Waals surface area contributed by atoms with Gasteiger partial charge in [0.25, 0.3) is 0 Å². The van der Waals surface area contributed by atoms with Crippen molar-refractivity contribution in [2.75, 3.05) is 24.2 Å². The molecule has 0 atom stereocenters. The van der Waals surface area contributed by atoms with Crippen LogP contribution >= 0.6 is 0 Å². The summed E-state index contributed by atoms with van der Waals surface area (Å²) in [4.78, 5) is 0. The number of allylic oxidation sites excluding steroid dienone is 1. The summed E-state index contributed by atoms with van der Waals surface area (Å²) >= 11 is 0. The maximum Gasteiger partial charge on any atom is 0.129 e. The lowest BCUT2D eigenvalue weighted by Gasteiger charge is -2.09. The molecule has 0 amide bonds. The second kappa shape index (κ2) is 9.66. The number of hydrogen-bond acceptors (Lipinski definition) is 3. The SMILES string of the molecule is CNc1cccc(Oc2ccc(NCC=CCCC(C)C)cc2)c1. The summed E-state index contributed by atoms with van der Waals surface area (Å²) in [5.74, 6) is 2.43. The second-order valence-corrected chi connectivity index (χ2v) is 6.23. The Morgan fingerprint density at radius 2 is 1.75 bits per heavy atom. The minimum Gasteiger partial charge on any atom is -0.457 e. The molecule has 0 bridgehead atoms. The molecule has 0 fully saturated rings. The van der Waals surface area contributed by atoms with Crippen LogP contribution in [0.4, 0.5) is 11.4 Å². The zero-order valence-corrected chi connectivity index (χ0v) is 14.9. The highest BCUT2D eigenvalue weighted by molar-refractivity contribution is 5.50. The van der Waals surface area contributed by atoms with Gasteiger partial charge < -0.3 is 15.4 Å². The molecule has 0 radical (unpaired) electrons. The molecule has 2 N–H and O–H groups in total. The maximum atomic E-state index is 5.87. The topological polar surface area (TPSA) is 33.3 Å². The van der Waals surface area contributed by atoms with E-state index in [0.717, 1.165) is 41.8 Å². The summed E-state index contributed by atoms with van der Waals surface area (Å²) in [5.41, 5.74) is 2.13. The first-order chi connectivity index (χ1) is 11.7. The van der Waals surface area contributed by atoms with Crippen LogP contribution in [0.3, 0.4) is 0 Å². The van der Waals surface area contributed by atoms with Crippen LogP contribution in [-0.4, -0.2) is 13.6 Å². The molecule has 0 aliphatic carbocycles. The molecule has 0 heterocycles. The van der Waals surface area contributed by atoms with Crippen molar-refractivity contribution in [2.45, 2.75) is 26.7 Å². The van der Waals surface area contributed by atoms with Gasteiger partial charge >= 0.3 is 0 Å². The third-order valence-electron chi connectivity index (χ3n) is 3.71. The molecule has 3 heteroatoms. The molecular formula is C21H28N2O. The van der Waals surface area contributed by atoms with E-state index in [1.165, 1.54) is 6.42 Å². The largest absolute Gasteiger partial charge is 0.457 e. The van der Waals surface area contributed by atoms with Crippen LogP contribution in [0.15, 0.2) is 60.7 Å². The Labute approximate surface area is 145 Å². The normalized spacial score (nSPS) is 11.0. The van der Waals surface area contributed by atoms with Crippen LogP contribution in [0.1, 0.15) is 26.7 Å². The highest BCUT2D eigenvalue weighted by Gasteiger charge is 1.99. The first-order valence-electron chi connectivity index (χ1n) is 8.62. The van der Waals surface area contributed by atoms with E-state index in [1.807, 2.05) is 55.6 Å². The van der Waals surface area contributed by atoms with Gasteiger partial charge in [0, 0.05) is 31.0 Å². The van der Waals surface area contributed by atoms with Crippen molar-refractivity contribution in [3.63, 3.8) is 0 Å².